The van der Waals surface area contributed by atoms with Gasteiger partial charge in [0.1, 0.15) is 16.9 Å². The molecule has 3 aliphatic heterocycles. The number of aryl methyl sites for hydroxylation is 1. The lowest BCUT2D eigenvalue weighted by atomic mass is 9.84. The molecule has 2 saturated heterocycles. The molecule has 2 amide bonds. The number of hydrogen-bond donors (Lipinski definition) is 2. The lowest BCUT2D eigenvalue weighted by Crippen LogP contribution is -2.61. The molecular weight excluding hydrogens is 773 g/mol. The first kappa shape index (κ1) is 39.6. The van der Waals surface area contributed by atoms with Crippen LogP contribution in [-0.4, -0.2) is 108 Å². The Bertz CT molecular complexity index is 2240. The number of nitrogens with zero attached hydrogens (tertiary/aromatic N) is 6. The average molecular weight is 829 g/mol. The minimum atomic E-state index is -0.809. The van der Waals surface area contributed by atoms with Crippen LogP contribution in [0, 0.1) is 29.1 Å². The van der Waals surface area contributed by atoms with E-state index in [1.807, 2.05) is 6.20 Å². The molecule has 0 unspecified atom stereocenters. The Hall–Kier alpha value is -3.89. The lowest BCUT2D eigenvalue weighted by molar-refractivity contribution is -0.156. The predicted octanol–water partition coefficient (Wildman–Crippen LogP) is 5.53. The maximum Gasteiger partial charge on any atom is 0.325 e. The van der Waals surface area contributed by atoms with Gasteiger partial charge < -0.3 is 29.2 Å². The van der Waals surface area contributed by atoms with E-state index in [-0.39, 0.29) is 54.7 Å². The second kappa shape index (κ2) is 15.3. The molecule has 6 bridgehead atoms. The van der Waals surface area contributed by atoms with Gasteiger partial charge in [-0.15, -0.1) is 22.7 Å². The molecule has 4 aromatic heterocycles. The molecule has 2 N–H and O–H groups in total. The van der Waals surface area contributed by atoms with Gasteiger partial charge in [-0.2, -0.15) is 0 Å². The fourth-order valence-corrected chi connectivity index (χ4v) is 11.3. The van der Waals surface area contributed by atoms with Crippen LogP contribution in [0.3, 0.4) is 0 Å². The van der Waals surface area contributed by atoms with Crippen molar-refractivity contribution in [1.29, 1.82) is 0 Å². The van der Waals surface area contributed by atoms with Crippen molar-refractivity contribution in [3.63, 3.8) is 0 Å². The maximum absolute atomic E-state index is 14.3. The fourth-order valence-electron chi connectivity index (χ4n) is 9.19. The first-order chi connectivity index (χ1) is 27.8. The molecule has 0 radical (unpaired) electrons. The van der Waals surface area contributed by atoms with Crippen molar-refractivity contribution in [2.45, 2.75) is 85.0 Å². The SMILES string of the molecule is CCn1c(-c2cc(N3CCN(C)CC3)cnc2[C@H](C)OC)c2c3cc(sc31)-c1csc(n1)C[C@H](NC(=O)[C@H]1C[C@@H]1C)C(=O)N1C[C@H]3C[C@H]3[C@H](N1)C(=O)OCC(C)(C)C2. The molecule has 13 nitrogen and oxygen atoms in total. The standard InChI is InChI=1S/C43H56N8O5S2/c1-8-50-38(30-15-26(19-44-36(30)24(3)55-7)49-11-9-48(6)10-12-49)31-18-43(4,5)22-56-42(54)37-28-14-25(28)20-51(47-37)40(53)32(46-39(52)27-13-23(27)2)17-35-45-33(21-57-35)34-16-29(31)41(50)58-34/h15-16,19,21,23-25,27-28,32,37,47H,8-14,17-18,20,22H2,1-7H3,(H,46,52)/t23-,24-,25+,27-,28+,32-,37-/m0/s1. The number of hydrogen-bond acceptors (Lipinski definition) is 12. The van der Waals surface area contributed by atoms with Crippen molar-refractivity contribution in [2.24, 2.45) is 29.1 Å². The molecule has 5 aliphatic rings. The van der Waals surface area contributed by atoms with Gasteiger partial charge in [-0.3, -0.25) is 24.4 Å². The molecular formula is C43H56N8O5S2. The van der Waals surface area contributed by atoms with E-state index >= 15 is 0 Å². The fraction of sp³-hybridized carbons (Fsp3) is 0.605. The summed E-state index contributed by atoms with van der Waals surface area (Å²) in [6, 6.07) is 3.13. The number of esters is 1. The van der Waals surface area contributed by atoms with E-state index in [4.69, 9.17) is 19.4 Å². The van der Waals surface area contributed by atoms with Crippen molar-refractivity contribution < 1.29 is 23.9 Å². The lowest BCUT2D eigenvalue weighted by Gasteiger charge is -2.35. The average Bonchev–Trinajstić information content (AvgIpc) is 4.00. The van der Waals surface area contributed by atoms with E-state index in [2.05, 4.69) is 84.3 Å². The smallest absolute Gasteiger partial charge is 0.325 e. The Balaban J connectivity index is 1.16. The number of amides is 2. The van der Waals surface area contributed by atoms with Crippen molar-refractivity contribution in [2.75, 3.05) is 58.4 Å². The topological polar surface area (TPSA) is 134 Å². The van der Waals surface area contributed by atoms with Crippen LogP contribution in [0.2, 0.25) is 0 Å². The molecule has 310 valence electrons. The number of hydrazine groups is 1. The van der Waals surface area contributed by atoms with E-state index in [0.717, 1.165) is 94.0 Å². The number of cyclic esters (lactones) is 1. The van der Waals surface area contributed by atoms with Crippen molar-refractivity contribution in [3.8, 4) is 21.8 Å². The first-order valence-electron chi connectivity index (χ1n) is 20.9. The van der Waals surface area contributed by atoms with E-state index in [1.54, 1.807) is 23.5 Å². The number of likely N-dealkylation sites (N-methyl/N-ethyl adjacent to an activating group) is 1. The molecule has 15 heteroatoms. The molecule has 4 fully saturated rings. The highest BCUT2D eigenvalue weighted by molar-refractivity contribution is 7.22. The molecule has 9 rings (SSSR count). The number of anilines is 1. The molecule has 4 aromatic rings. The molecule has 7 heterocycles. The van der Waals surface area contributed by atoms with Crippen molar-refractivity contribution in [3.05, 3.63) is 40.0 Å². The second-order valence-corrected chi connectivity index (χ2v) is 20.0. The third-order valence-electron chi connectivity index (χ3n) is 13.1. The number of ether oxygens (including phenoxy) is 2. The zero-order chi connectivity index (χ0) is 40.6. The Morgan fingerprint density at radius 2 is 1.95 bits per heavy atom. The number of carbonyl (C=O) groups excluding carboxylic acids is 3. The predicted molar refractivity (Wildman–Crippen MR) is 227 cm³/mol. The molecule has 2 saturated carbocycles. The van der Waals surface area contributed by atoms with Crippen LogP contribution in [0.5, 0.6) is 0 Å². The van der Waals surface area contributed by atoms with Gasteiger partial charge in [-0.25, -0.2) is 10.4 Å². The minimum Gasteiger partial charge on any atom is -0.464 e. The van der Waals surface area contributed by atoms with E-state index in [0.29, 0.717) is 18.9 Å². The third kappa shape index (κ3) is 7.46. The number of fused-ring (bicyclic) bond motifs is 8. The van der Waals surface area contributed by atoms with Crippen LogP contribution < -0.4 is 15.6 Å². The summed E-state index contributed by atoms with van der Waals surface area (Å²) in [5.74, 6) is -0.134. The molecule has 7 atom stereocenters. The number of nitrogens with one attached hydrogen (secondary N) is 2. The molecule has 2 aliphatic carbocycles. The summed E-state index contributed by atoms with van der Waals surface area (Å²) in [4.78, 5) is 58.7. The number of thiazole rings is 1. The largest absolute Gasteiger partial charge is 0.464 e. The van der Waals surface area contributed by atoms with Gasteiger partial charge in [0.15, 0.2) is 0 Å². The Morgan fingerprint density at radius 3 is 2.67 bits per heavy atom. The monoisotopic (exact) mass is 828 g/mol. The molecule has 0 aromatic carbocycles. The number of carbonyl (C=O) groups is 3. The van der Waals surface area contributed by atoms with Crippen molar-refractivity contribution >= 4 is 56.4 Å². The van der Waals surface area contributed by atoms with Crippen LogP contribution in [0.25, 0.3) is 32.0 Å². The molecule has 0 spiro atoms. The number of piperazine rings is 1. The summed E-state index contributed by atoms with van der Waals surface area (Å²) < 4.78 is 14.6. The van der Waals surface area contributed by atoms with Crippen LogP contribution >= 0.6 is 22.7 Å². The zero-order valence-electron chi connectivity index (χ0n) is 34.7. The summed E-state index contributed by atoms with van der Waals surface area (Å²) in [5.41, 5.74) is 9.04. The summed E-state index contributed by atoms with van der Waals surface area (Å²) in [6.45, 7) is 15.9. The highest BCUT2D eigenvalue weighted by Gasteiger charge is 2.53. The normalized spacial score (nSPS) is 27.8. The Kier molecular flexibility index (Phi) is 10.4. The third-order valence-corrected chi connectivity index (χ3v) is 15.1. The highest BCUT2D eigenvalue weighted by Crippen LogP contribution is 2.48. The minimum absolute atomic E-state index is 0.0816. The van der Waals surface area contributed by atoms with E-state index in [1.165, 1.54) is 16.9 Å². The number of thiophene rings is 1. The van der Waals surface area contributed by atoms with Gasteiger partial charge >= 0.3 is 5.97 Å². The summed E-state index contributed by atoms with van der Waals surface area (Å²) >= 11 is 3.24. The van der Waals surface area contributed by atoms with Crippen LogP contribution in [0.15, 0.2) is 23.7 Å². The number of methoxy groups -OCH3 is 1. The summed E-state index contributed by atoms with van der Waals surface area (Å²) in [7, 11) is 3.90. The number of pyridine rings is 1. The van der Waals surface area contributed by atoms with Gasteiger partial charge in [-0.05, 0) is 75.6 Å². The Labute approximate surface area is 348 Å². The highest BCUT2D eigenvalue weighted by atomic mass is 32.1. The van der Waals surface area contributed by atoms with E-state index < -0.39 is 17.5 Å². The maximum atomic E-state index is 14.3. The summed E-state index contributed by atoms with van der Waals surface area (Å²) in [5, 5.41) is 8.65. The quantitative estimate of drug-likeness (QED) is 0.229. The van der Waals surface area contributed by atoms with Crippen LogP contribution in [0.4, 0.5) is 5.69 Å². The summed E-state index contributed by atoms with van der Waals surface area (Å²) in [6.07, 6.45) is 4.35. The van der Waals surface area contributed by atoms with Gasteiger partial charge in [-0.1, -0.05) is 20.8 Å². The number of aromatic nitrogens is 3. The van der Waals surface area contributed by atoms with Gasteiger partial charge in [0.05, 0.1) is 51.6 Å². The second-order valence-electron chi connectivity index (χ2n) is 18.1. The first-order valence-corrected chi connectivity index (χ1v) is 22.6. The number of rotatable bonds is 7. The van der Waals surface area contributed by atoms with Crippen molar-refractivity contribution in [1.82, 2.24) is 35.2 Å². The van der Waals surface area contributed by atoms with Gasteiger partial charge in [0.2, 0.25) is 5.91 Å². The van der Waals surface area contributed by atoms with Crippen LogP contribution in [0.1, 0.15) is 69.8 Å². The van der Waals surface area contributed by atoms with Crippen LogP contribution in [-0.2, 0) is 43.2 Å². The van der Waals surface area contributed by atoms with Gasteiger partial charge in [0.25, 0.3) is 5.91 Å². The Morgan fingerprint density at radius 1 is 1.17 bits per heavy atom. The zero-order valence-corrected chi connectivity index (χ0v) is 36.3. The van der Waals surface area contributed by atoms with Gasteiger partial charge in [0, 0.05) is 80.5 Å². The van der Waals surface area contributed by atoms with E-state index in [9.17, 15) is 14.4 Å². The molecule has 58 heavy (non-hydrogen) atoms.